The molecule has 2 aliphatic heterocycles. The third-order valence-corrected chi connectivity index (χ3v) is 4.07. The molecule has 1 amide bonds. The van der Waals surface area contributed by atoms with Gasteiger partial charge in [0.05, 0.1) is 0 Å². The summed E-state index contributed by atoms with van der Waals surface area (Å²) in [7, 11) is 0. The fourth-order valence-corrected chi connectivity index (χ4v) is 2.82. The van der Waals surface area contributed by atoms with Gasteiger partial charge in [-0.15, -0.1) is 0 Å². The second kappa shape index (κ2) is 5.04. The van der Waals surface area contributed by atoms with Crippen molar-refractivity contribution in [3.63, 3.8) is 0 Å². The zero-order valence-corrected chi connectivity index (χ0v) is 10.1. The van der Waals surface area contributed by atoms with Gasteiger partial charge >= 0.3 is 6.09 Å². The number of nitrogens with zero attached hydrogens (tertiary/aromatic N) is 2. The molecule has 0 unspecified atom stereocenters. The van der Waals surface area contributed by atoms with E-state index in [0.29, 0.717) is 19.1 Å². The number of hydrogen-bond acceptors (Lipinski definition) is 2. The van der Waals surface area contributed by atoms with Gasteiger partial charge in [0, 0.05) is 19.1 Å². The van der Waals surface area contributed by atoms with Gasteiger partial charge in [-0.05, 0) is 44.7 Å². The second-order valence-electron chi connectivity index (χ2n) is 5.22. The molecule has 0 bridgehead atoms. The highest BCUT2D eigenvalue weighted by Gasteiger charge is 2.28. The number of rotatable bonds is 1. The number of carboxylic acid groups (broad SMARTS) is 1. The maximum atomic E-state index is 10.8. The molecule has 0 aromatic heterocycles. The van der Waals surface area contributed by atoms with Gasteiger partial charge in [0.1, 0.15) is 0 Å². The van der Waals surface area contributed by atoms with Crippen molar-refractivity contribution in [2.24, 2.45) is 5.92 Å². The van der Waals surface area contributed by atoms with Crippen molar-refractivity contribution in [2.75, 3.05) is 26.2 Å². The van der Waals surface area contributed by atoms with Gasteiger partial charge in [-0.1, -0.05) is 6.92 Å². The first-order valence-electron chi connectivity index (χ1n) is 6.38. The summed E-state index contributed by atoms with van der Waals surface area (Å²) in [6, 6.07) is 0.628. The molecule has 16 heavy (non-hydrogen) atoms. The molecule has 0 aromatic rings. The van der Waals surface area contributed by atoms with Gasteiger partial charge in [-0.25, -0.2) is 4.79 Å². The van der Waals surface area contributed by atoms with E-state index in [9.17, 15) is 4.79 Å². The van der Waals surface area contributed by atoms with Gasteiger partial charge in [0.2, 0.25) is 0 Å². The van der Waals surface area contributed by atoms with Gasteiger partial charge in [-0.3, -0.25) is 0 Å². The van der Waals surface area contributed by atoms with E-state index >= 15 is 0 Å². The maximum absolute atomic E-state index is 10.8. The molecule has 2 saturated heterocycles. The lowest BCUT2D eigenvalue weighted by Gasteiger charge is -2.40. The van der Waals surface area contributed by atoms with Crippen LogP contribution in [0, 0.1) is 5.92 Å². The molecule has 2 fully saturated rings. The number of amides is 1. The molecule has 2 heterocycles. The van der Waals surface area contributed by atoms with Crippen molar-refractivity contribution >= 4 is 6.09 Å². The Morgan fingerprint density at radius 3 is 2.12 bits per heavy atom. The van der Waals surface area contributed by atoms with E-state index in [1.54, 1.807) is 4.90 Å². The van der Waals surface area contributed by atoms with E-state index in [0.717, 1.165) is 18.8 Å². The average Bonchev–Trinajstić information content (AvgIpc) is 2.30. The first-order valence-corrected chi connectivity index (χ1v) is 6.38. The Hall–Kier alpha value is -0.770. The number of likely N-dealkylation sites (tertiary alicyclic amines) is 2. The first kappa shape index (κ1) is 11.7. The highest BCUT2D eigenvalue weighted by atomic mass is 16.4. The van der Waals surface area contributed by atoms with Crippen molar-refractivity contribution in [1.29, 1.82) is 0 Å². The van der Waals surface area contributed by atoms with E-state index in [-0.39, 0.29) is 0 Å². The van der Waals surface area contributed by atoms with Crippen LogP contribution in [0.1, 0.15) is 32.6 Å². The Morgan fingerprint density at radius 2 is 1.62 bits per heavy atom. The van der Waals surface area contributed by atoms with Crippen molar-refractivity contribution in [2.45, 2.75) is 38.6 Å². The molecule has 1 N–H and O–H groups in total. The zero-order chi connectivity index (χ0) is 11.5. The lowest BCUT2D eigenvalue weighted by Crippen LogP contribution is -2.48. The van der Waals surface area contributed by atoms with Crippen LogP contribution in [0.25, 0.3) is 0 Å². The molecule has 2 aliphatic rings. The van der Waals surface area contributed by atoms with Gasteiger partial charge in [0.25, 0.3) is 0 Å². The Labute approximate surface area is 97.2 Å². The van der Waals surface area contributed by atoms with Crippen molar-refractivity contribution in [3.8, 4) is 0 Å². The SMILES string of the molecule is CC1CCN(C2CCN(C(=O)O)CC2)CC1. The number of piperidine rings is 2. The molecule has 2 rings (SSSR count). The molecule has 0 aromatic carbocycles. The summed E-state index contributed by atoms with van der Waals surface area (Å²) >= 11 is 0. The topological polar surface area (TPSA) is 43.8 Å². The fourth-order valence-electron chi connectivity index (χ4n) is 2.82. The van der Waals surface area contributed by atoms with Crippen LogP contribution in [-0.2, 0) is 0 Å². The summed E-state index contributed by atoms with van der Waals surface area (Å²) in [5, 5.41) is 8.88. The molecule has 0 saturated carbocycles. The van der Waals surface area contributed by atoms with Crippen LogP contribution in [0.4, 0.5) is 4.79 Å². The largest absolute Gasteiger partial charge is 0.465 e. The molecule has 0 radical (unpaired) electrons. The van der Waals surface area contributed by atoms with E-state index in [1.165, 1.54) is 25.9 Å². The molecule has 0 aliphatic carbocycles. The molecule has 4 heteroatoms. The second-order valence-corrected chi connectivity index (χ2v) is 5.22. The quantitative estimate of drug-likeness (QED) is 0.742. The lowest BCUT2D eigenvalue weighted by molar-refractivity contribution is 0.0760. The highest BCUT2D eigenvalue weighted by Crippen LogP contribution is 2.23. The molecule has 92 valence electrons. The molecule has 0 atom stereocenters. The number of carbonyl (C=O) groups is 1. The highest BCUT2D eigenvalue weighted by molar-refractivity contribution is 5.65. The predicted octanol–water partition coefficient (Wildman–Crippen LogP) is 1.86. The minimum atomic E-state index is -0.759. The van der Waals surface area contributed by atoms with Gasteiger partial charge in [0.15, 0.2) is 0 Å². The third kappa shape index (κ3) is 2.67. The monoisotopic (exact) mass is 226 g/mol. The maximum Gasteiger partial charge on any atom is 0.407 e. The van der Waals surface area contributed by atoms with Crippen LogP contribution in [-0.4, -0.2) is 53.2 Å². The summed E-state index contributed by atoms with van der Waals surface area (Å²) in [5.41, 5.74) is 0. The Morgan fingerprint density at radius 1 is 1.06 bits per heavy atom. The van der Waals surface area contributed by atoms with Gasteiger partial charge in [-0.2, -0.15) is 0 Å². The van der Waals surface area contributed by atoms with Gasteiger partial charge < -0.3 is 14.9 Å². The van der Waals surface area contributed by atoms with Crippen LogP contribution in [0.15, 0.2) is 0 Å². The smallest absolute Gasteiger partial charge is 0.407 e. The predicted molar refractivity (Wildman–Crippen MR) is 62.6 cm³/mol. The summed E-state index contributed by atoms with van der Waals surface area (Å²) < 4.78 is 0. The third-order valence-electron chi connectivity index (χ3n) is 4.07. The summed E-state index contributed by atoms with van der Waals surface area (Å²) in [6.07, 6.45) is 3.88. The van der Waals surface area contributed by atoms with Crippen LogP contribution in [0.3, 0.4) is 0 Å². The molecular weight excluding hydrogens is 204 g/mol. The molecular formula is C12H22N2O2. The minimum absolute atomic E-state index is 0.628. The first-order chi connectivity index (χ1) is 7.66. The average molecular weight is 226 g/mol. The Kier molecular flexibility index (Phi) is 3.69. The molecule has 0 spiro atoms. The van der Waals surface area contributed by atoms with Crippen molar-refractivity contribution in [3.05, 3.63) is 0 Å². The Bertz CT molecular complexity index is 241. The normalized spacial score (nSPS) is 25.9. The van der Waals surface area contributed by atoms with E-state index in [2.05, 4.69) is 11.8 Å². The zero-order valence-electron chi connectivity index (χ0n) is 10.1. The van der Waals surface area contributed by atoms with E-state index < -0.39 is 6.09 Å². The van der Waals surface area contributed by atoms with Crippen LogP contribution >= 0.6 is 0 Å². The van der Waals surface area contributed by atoms with Crippen LogP contribution in [0.5, 0.6) is 0 Å². The minimum Gasteiger partial charge on any atom is -0.465 e. The summed E-state index contributed by atoms with van der Waals surface area (Å²) in [5.74, 6) is 0.871. The lowest BCUT2D eigenvalue weighted by atomic mass is 9.95. The number of hydrogen-bond donors (Lipinski definition) is 1. The van der Waals surface area contributed by atoms with Crippen molar-refractivity contribution < 1.29 is 9.90 Å². The van der Waals surface area contributed by atoms with Crippen LogP contribution < -0.4 is 0 Å². The standard InChI is InChI=1S/C12H22N2O2/c1-10-2-6-13(7-3-10)11-4-8-14(9-5-11)12(15)16/h10-11H,2-9H2,1H3,(H,15,16). The fraction of sp³-hybridized carbons (Fsp3) is 0.917. The summed E-state index contributed by atoms with van der Waals surface area (Å²) in [6.45, 7) is 6.17. The van der Waals surface area contributed by atoms with E-state index in [1.807, 2.05) is 0 Å². The summed E-state index contributed by atoms with van der Waals surface area (Å²) in [4.78, 5) is 14.9. The van der Waals surface area contributed by atoms with Crippen LogP contribution in [0.2, 0.25) is 0 Å². The Balaban J connectivity index is 1.78. The van der Waals surface area contributed by atoms with E-state index in [4.69, 9.17) is 5.11 Å². The van der Waals surface area contributed by atoms with Crippen molar-refractivity contribution in [1.82, 2.24) is 9.80 Å². The molecule has 4 nitrogen and oxygen atoms in total.